The zero-order valence-electron chi connectivity index (χ0n) is 12.9. The van der Waals surface area contributed by atoms with E-state index in [0.29, 0.717) is 5.57 Å². The van der Waals surface area contributed by atoms with Gasteiger partial charge in [-0.05, 0) is 19.8 Å². The fourth-order valence-corrected chi connectivity index (χ4v) is 2.21. The van der Waals surface area contributed by atoms with Crippen LogP contribution in [0.2, 0.25) is 0 Å². The molecule has 0 bridgehead atoms. The number of allylic oxidation sites excluding steroid dienone is 1. The lowest BCUT2D eigenvalue weighted by Gasteiger charge is -2.02. The van der Waals surface area contributed by atoms with Crippen molar-refractivity contribution in [3.63, 3.8) is 0 Å². The summed E-state index contributed by atoms with van der Waals surface area (Å²) in [6, 6.07) is 0. The molecule has 0 saturated carbocycles. The fourth-order valence-electron chi connectivity index (χ4n) is 2.21. The number of carboxylic acids is 1. The average molecular weight is 268 g/mol. The van der Waals surface area contributed by atoms with Gasteiger partial charge in [-0.3, -0.25) is 0 Å². The maximum atomic E-state index is 10.6. The topological polar surface area (TPSA) is 37.3 Å². The average Bonchev–Trinajstić information content (AvgIpc) is 2.39. The minimum Gasteiger partial charge on any atom is -0.478 e. The number of carboxylic acid groups (broad SMARTS) is 1. The van der Waals surface area contributed by atoms with E-state index < -0.39 is 5.97 Å². The Balaban J connectivity index is 3.15. The van der Waals surface area contributed by atoms with Crippen molar-refractivity contribution in [1.29, 1.82) is 0 Å². The third-order valence-corrected chi connectivity index (χ3v) is 3.60. The monoisotopic (exact) mass is 268 g/mol. The lowest BCUT2D eigenvalue weighted by molar-refractivity contribution is -0.132. The van der Waals surface area contributed by atoms with Gasteiger partial charge in [-0.15, -0.1) is 0 Å². The van der Waals surface area contributed by atoms with E-state index in [9.17, 15) is 4.79 Å². The van der Waals surface area contributed by atoms with E-state index in [1.165, 1.54) is 64.2 Å². The first-order valence-electron chi connectivity index (χ1n) is 8.08. The zero-order valence-corrected chi connectivity index (χ0v) is 12.9. The normalized spacial score (nSPS) is 11.8. The molecule has 0 aliphatic rings. The second kappa shape index (κ2) is 13.6. The largest absolute Gasteiger partial charge is 0.478 e. The summed E-state index contributed by atoms with van der Waals surface area (Å²) in [5.74, 6) is -0.789. The first kappa shape index (κ1) is 18.2. The van der Waals surface area contributed by atoms with Crippen LogP contribution in [-0.2, 0) is 4.79 Å². The van der Waals surface area contributed by atoms with Gasteiger partial charge in [0.1, 0.15) is 0 Å². The highest BCUT2D eigenvalue weighted by atomic mass is 16.4. The maximum absolute atomic E-state index is 10.6. The van der Waals surface area contributed by atoms with Gasteiger partial charge >= 0.3 is 5.97 Å². The van der Waals surface area contributed by atoms with Crippen LogP contribution < -0.4 is 0 Å². The van der Waals surface area contributed by atoms with Crippen molar-refractivity contribution in [2.75, 3.05) is 0 Å². The van der Waals surface area contributed by atoms with Gasteiger partial charge in [0.2, 0.25) is 0 Å². The molecule has 0 amide bonds. The van der Waals surface area contributed by atoms with Crippen molar-refractivity contribution >= 4 is 5.97 Å². The Morgan fingerprint density at radius 1 is 0.842 bits per heavy atom. The Bertz CT molecular complexity index is 244. The van der Waals surface area contributed by atoms with Crippen LogP contribution in [0.25, 0.3) is 0 Å². The second-order valence-corrected chi connectivity index (χ2v) is 5.52. The summed E-state index contributed by atoms with van der Waals surface area (Å²) in [6.45, 7) is 3.92. The molecule has 0 aromatic heterocycles. The van der Waals surface area contributed by atoms with Crippen LogP contribution in [-0.4, -0.2) is 11.1 Å². The summed E-state index contributed by atoms with van der Waals surface area (Å²) in [5, 5.41) is 8.69. The smallest absolute Gasteiger partial charge is 0.330 e. The molecule has 0 radical (unpaired) electrons. The molecule has 0 aromatic carbocycles. The fraction of sp³-hybridized carbons (Fsp3) is 0.824. The Morgan fingerprint density at radius 3 is 1.68 bits per heavy atom. The summed E-state index contributed by atoms with van der Waals surface area (Å²) in [6.07, 6.45) is 17.5. The van der Waals surface area contributed by atoms with Gasteiger partial charge in [0, 0.05) is 5.57 Å². The third-order valence-electron chi connectivity index (χ3n) is 3.60. The molecule has 0 atom stereocenters. The third kappa shape index (κ3) is 13.4. The van der Waals surface area contributed by atoms with E-state index >= 15 is 0 Å². The summed E-state index contributed by atoms with van der Waals surface area (Å²) >= 11 is 0. The molecule has 2 nitrogen and oxygen atoms in total. The lowest BCUT2D eigenvalue weighted by atomic mass is 10.0. The van der Waals surface area contributed by atoms with Crippen molar-refractivity contribution in [2.45, 2.75) is 90.9 Å². The van der Waals surface area contributed by atoms with E-state index in [0.717, 1.165) is 12.8 Å². The molecular weight excluding hydrogens is 236 g/mol. The SMILES string of the molecule is CCCCCCCCCCCCCC=C(C)C(=O)O. The van der Waals surface area contributed by atoms with Gasteiger partial charge < -0.3 is 5.11 Å². The van der Waals surface area contributed by atoms with Crippen molar-refractivity contribution in [3.05, 3.63) is 11.6 Å². The Morgan fingerprint density at radius 2 is 1.26 bits per heavy atom. The van der Waals surface area contributed by atoms with Gasteiger partial charge in [0.05, 0.1) is 0 Å². The Hall–Kier alpha value is -0.790. The highest BCUT2D eigenvalue weighted by Gasteiger charge is 1.97. The van der Waals surface area contributed by atoms with Crippen molar-refractivity contribution in [2.24, 2.45) is 0 Å². The van der Waals surface area contributed by atoms with Gasteiger partial charge in [-0.2, -0.15) is 0 Å². The van der Waals surface area contributed by atoms with Crippen molar-refractivity contribution in [1.82, 2.24) is 0 Å². The van der Waals surface area contributed by atoms with Gasteiger partial charge in [0.15, 0.2) is 0 Å². The maximum Gasteiger partial charge on any atom is 0.330 e. The zero-order chi connectivity index (χ0) is 14.3. The molecule has 0 saturated heterocycles. The number of rotatable bonds is 13. The summed E-state index contributed by atoms with van der Waals surface area (Å²) in [4.78, 5) is 10.6. The summed E-state index contributed by atoms with van der Waals surface area (Å²) in [5.41, 5.74) is 0.479. The highest BCUT2D eigenvalue weighted by molar-refractivity contribution is 5.85. The predicted octanol–water partition coefficient (Wildman–Crippen LogP) is 5.72. The molecule has 2 heteroatoms. The molecule has 0 aliphatic carbocycles. The molecule has 112 valence electrons. The molecular formula is C17H32O2. The lowest BCUT2D eigenvalue weighted by Crippen LogP contribution is -1.95. The standard InChI is InChI=1S/C17H32O2/c1-3-4-5-6-7-8-9-10-11-12-13-14-15-16(2)17(18)19/h15H,3-14H2,1-2H3,(H,18,19). The number of hydrogen-bond acceptors (Lipinski definition) is 1. The molecule has 0 aliphatic heterocycles. The molecule has 0 fully saturated rings. The van der Waals surface area contributed by atoms with Crippen LogP contribution in [0.3, 0.4) is 0 Å². The van der Waals surface area contributed by atoms with Crippen LogP contribution >= 0.6 is 0 Å². The first-order valence-corrected chi connectivity index (χ1v) is 8.08. The minimum atomic E-state index is -0.789. The van der Waals surface area contributed by atoms with Crippen LogP contribution in [0.5, 0.6) is 0 Å². The van der Waals surface area contributed by atoms with E-state index in [2.05, 4.69) is 6.92 Å². The van der Waals surface area contributed by atoms with E-state index in [4.69, 9.17) is 5.11 Å². The molecule has 0 aromatic rings. The van der Waals surface area contributed by atoms with Crippen molar-refractivity contribution in [3.8, 4) is 0 Å². The molecule has 0 rings (SSSR count). The predicted molar refractivity (Wildman–Crippen MR) is 82.5 cm³/mol. The number of aliphatic carboxylic acids is 1. The quantitative estimate of drug-likeness (QED) is 0.343. The van der Waals surface area contributed by atoms with E-state index in [1.54, 1.807) is 6.92 Å². The summed E-state index contributed by atoms with van der Waals surface area (Å²) in [7, 11) is 0. The second-order valence-electron chi connectivity index (χ2n) is 5.52. The molecule has 19 heavy (non-hydrogen) atoms. The van der Waals surface area contributed by atoms with Gasteiger partial charge in [-0.25, -0.2) is 4.79 Å². The Kier molecular flexibility index (Phi) is 13.1. The minimum absolute atomic E-state index is 0.479. The summed E-state index contributed by atoms with van der Waals surface area (Å²) < 4.78 is 0. The molecule has 0 unspecified atom stereocenters. The van der Waals surface area contributed by atoms with Crippen LogP contribution in [0, 0.1) is 0 Å². The number of carbonyl (C=O) groups is 1. The van der Waals surface area contributed by atoms with Crippen LogP contribution in [0.15, 0.2) is 11.6 Å². The van der Waals surface area contributed by atoms with E-state index in [-0.39, 0.29) is 0 Å². The Labute approximate surface area is 119 Å². The molecule has 0 spiro atoms. The first-order chi connectivity index (χ1) is 9.18. The number of hydrogen-bond donors (Lipinski definition) is 1. The van der Waals surface area contributed by atoms with Crippen LogP contribution in [0.1, 0.15) is 90.9 Å². The highest BCUT2D eigenvalue weighted by Crippen LogP contribution is 2.12. The van der Waals surface area contributed by atoms with Crippen molar-refractivity contribution < 1.29 is 9.90 Å². The molecule has 0 heterocycles. The number of unbranched alkanes of at least 4 members (excludes halogenated alkanes) is 11. The van der Waals surface area contributed by atoms with Gasteiger partial charge in [-0.1, -0.05) is 77.2 Å². The molecule has 1 N–H and O–H groups in total. The van der Waals surface area contributed by atoms with Crippen LogP contribution in [0.4, 0.5) is 0 Å². The van der Waals surface area contributed by atoms with Gasteiger partial charge in [0.25, 0.3) is 0 Å². The van der Waals surface area contributed by atoms with E-state index in [1.807, 2.05) is 6.08 Å².